The molecule has 0 amide bonds. The molecule has 1 N–H and O–H groups in total. The van der Waals surface area contributed by atoms with E-state index in [2.05, 4.69) is 18.7 Å². The molecule has 2 saturated heterocycles. The van der Waals surface area contributed by atoms with E-state index in [0.29, 0.717) is 11.8 Å². The molecule has 3 heteroatoms. The van der Waals surface area contributed by atoms with Crippen LogP contribution in [0.3, 0.4) is 0 Å². The minimum Gasteiger partial charge on any atom is -0.393 e. The summed E-state index contributed by atoms with van der Waals surface area (Å²) in [6.07, 6.45) is 11.0. The van der Waals surface area contributed by atoms with Crippen molar-refractivity contribution in [2.24, 2.45) is 17.8 Å². The molecular formula is C18H32O2S. The number of rotatable bonds is 3. The summed E-state index contributed by atoms with van der Waals surface area (Å²) >= 11 is 2.06. The first-order chi connectivity index (χ1) is 10.2. The van der Waals surface area contributed by atoms with Gasteiger partial charge in [-0.2, -0.15) is 11.8 Å². The third-order valence-corrected chi connectivity index (χ3v) is 7.36. The van der Waals surface area contributed by atoms with Gasteiger partial charge in [-0.3, -0.25) is 0 Å². The monoisotopic (exact) mass is 312 g/mol. The van der Waals surface area contributed by atoms with Crippen molar-refractivity contribution < 1.29 is 9.84 Å². The second-order valence-electron chi connectivity index (χ2n) is 7.58. The van der Waals surface area contributed by atoms with Gasteiger partial charge >= 0.3 is 0 Å². The summed E-state index contributed by atoms with van der Waals surface area (Å²) in [4.78, 5) is 0. The van der Waals surface area contributed by atoms with Gasteiger partial charge in [0.2, 0.25) is 0 Å². The smallest absolute Gasteiger partial charge is 0.0701 e. The molecule has 1 saturated carbocycles. The summed E-state index contributed by atoms with van der Waals surface area (Å²) in [5.41, 5.74) is 0.121. The SMILES string of the molecule is CCC1CCC(C(O)C2CCOC3(CCSCC3)C2)CC1. The highest BCUT2D eigenvalue weighted by Crippen LogP contribution is 2.43. The van der Waals surface area contributed by atoms with Crippen LogP contribution in [-0.2, 0) is 4.74 Å². The summed E-state index contributed by atoms with van der Waals surface area (Å²) < 4.78 is 6.18. The van der Waals surface area contributed by atoms with Crippen molar-refractivity contribution in [1.29, 1.82) is 0 Å². The van der Waals surface area contributed by atoms with Crippen molar-refractivity contribution in [2.45, 2.75) is 76.4 Å². The van der Waals surface area contributed by atoms with E-state index in [0.717, 1.165) is 25.4 Å². The van der Waals surface area contributed by atoms with Crippen LogP contribution in [0, 0.1) is 17.8 Å². The fourth-order valence-corrected chi connectivity index (χ4v) is 6.01. The maximum absolute atomic E-state index is 10.9. The fourth-order valence-electron chi connectivity index (χ4n) is 4.77. The van der Waals surface area contributed by atoms with Gasteiger partial charge in [-0.15, -0.1) is 0 Å². The molecule has 1 aliphatic carbocycles. The van der Waals surface area contributed by atoms with Gasteiger partial charge in [0.25, 0.3) is 0 Å². The average molecular weight is 313 g/mol. The Morgan fingerprint density at radius 1 is 1.10 bits per heavy atom. The number of aliphatic hydroxyl groups is 1. The van der Waals surface area contributed by atoms with Crippen LogP contribution in [-0.4, -0.2) is 34.9 Å². The Morgan fingerprint density at radius 3 is 2.48 bits per heavy atom. The van der Waals surface area contributed by atoms with E-state index in [1.807, 2.05) is 0 Å². The number of ether oxygens (including phenoxy) is 1. The van der Waals surface area contributed by atoms with Crippen molar-refractivity contribution in [1.82, 2.24) is 0 Å². The molecular weight excluding hydrogens is 280 g/mol. The lowest BCUT2D eigenvalue weighted by atomic mass is 9.71. The van der Waals surface area contributed by atoms with E-state index in [9.17, 15) is 5.11 Å². The van der Waals surface area contributed by atoms with Gasteiger partial charge in [-0.1, -0.05) is 26.2 Å². The molecule has 3 rings (SSSR count). The van der Waals surface area contributed by atoms with Gasteiger partial charge in [-0.05, 0) is 67.8 Å². The second-order valence-corrected chi connectivity index (χ2v) is 8.80. The Kier molecular flexibility index (Phi) is 5.55. The second kappa shape index (κ2) is 7.23. The molecule has 2 heterocycles. The molecule has 1 spiro atoms. The van der Waals surface area contributed by atoms with Crippen molar-refractivity contribution in [3.8, 4) is 0 Å². The zero-order valence-corrected chi connectivity index (χ0v) is 14.4. The highest BCUT2D eigenvalue weighted by atomic mass is 32.2. The zero-order chi connectivity index (χ0) is 14.7. The Bertz CT molecular complexity index is 314. The van der Waals surface area contributed by atoms with E-state index in [4.69, 9.17) is 4.74 Å². The van der Waals surface area contributed by atoms with Gasteiger partial charge in [-0.25, -0.2) is 0 Å². The molecule has 0 radical (unpaired) electrons. The van der Waals surface area contributed by atoms with Gasteiger partial charge in [0.05, 0.1) is 11.7 Å². The Hall–Kier alpha value is 0.270. The third kappa shape index (κ3) is 3.79. The summed E-state index contributed by atoms with van der Waals surface area (Å²) in [7, 11) is 0. The van der Waals surface area contributed by atoms with E-state index in [1.165, 1.54) is 56.5 Å². The summed E-state index contributed by atoms with van der Waals surface area (Å²) in [6.45, 7) is 3.18. The Morgan fingerprint density at radius 2 is 1.81 bits per heavy atom. The van der Waals surface area contributed by atoms with Gasteiger partial charge in [0, 0.05) is 6.61 Å². The molecule has 0 aromatic rings. The summed E-state index contributed by atoms with van der Waals surface area (Å²) in [6, 6.07) is 0. The molecule has 122 valence electrons. The summed E-state index contributed by atoms with van der Waals surface area (Å²) in [5, 5.41) is 10.9. The average Bonchev–Trinajstić information content (AvgIpc) is 2.55. The topological polar surface area (TPSA) is 29.5 Å². The van der Waals surface area contributed by atoms with Crippen LogP contribution in [0.15, 0.2) is 0 Å². The van der Waals surface area contributed by atoms with Crippen LogP contribution >= 0.6 is 11.8 Å². The standard InChI is InChI=1S/C18H32O2S/c1-2-14-3-5-15(6-4-14)17(19)16-7-10-20-18(13-16)8-11-21-12-9-18/h14-17,19H,2-13H2,1H3. The lowest BCUT2D eigenvalue weighted by molar-refractivity contribution is -0.129. The van der Waals surface area contributed by atoms with E-state index < -0.39 is 0 Å². The van der Waals surface area contributed by atoms with Crippen molar-refractivity contribution in [3.05, 3.63) is 0 Å². The number of hydrogen-bond acceptors (Lipinski definition) is 3. The molecule has 2 atom stereocenters. The maximum Gasteiger partial charge on any atom is 0.0701 e. The lowest BCUT2D eigenvalue weighted by Crippen LogP contribution is -2.47. The molecule has 0 aromatic heterocycles. The molecule has 3 aliphatic rings. The van der Waals surface area contributed by atoms with Crippen LogP contribution in [0.2, 0.25) is 0 Å². The van der Waals surface area contributed by atoms with Crippen LogP contribution in [0.5, 0.6) is 0 Å². The van der Waals surface area contributed by atoms with Crippen LogP contribution in [0.25, 0.3) is 0 Å². The van der Waals surface area contributed by atoms with Gasteiger partial charge in [0.15, 0.2) is 0 Å². The third-order valence-electron chi connectivity index (χ3n) is 6.37. The molecule has 2 unspecified atom stereocenters. The minimum atomic E-state index is -0.0711. The van der Waals surface area contributed by atoms with E-state index in [1.54, 1.807) is 0 Å². The maximum atomic E-state index is 10.9. The number of thioether (sulfide) groups is 1. The minimum absolute atomic E-state index is 0.0711. The van der Waals surface area contributed by atoms with E-state index >= 15 is 0 Å². The highest BCUT2D eigenvalue weighted by molar-refractivity contribution is 7.99. The van der Waals surface area contributed by atoms with Gasteiger partial charge < -0.3 is 9.84 Å². The van der Waals surface area contributed by atoms with Crippen LogP contribution < -0.4 is 0 Å². The molecule has 0 bridgehead atoms. The molecule has 21 heavy (non-hydrogen) atoms. The quantitative estimate of drug-likeness (QED) is 0.844. The number of aliphatic hydroxyl groups excluding tert-OH is 1. The first-order valence-electron chi connectivity index (χ1n) is 9.12. The van der Waals surface area contributed by atoms with Crippen molar-refractivity contribution >= 4 is 11.8 Å². The molecule has 0 aromatic carbocycles. The highest BCUT2D eigenvalue weighted by Gasteiger charge is 2.42. The molecule has 2 nitrogen and oxygen atoms in total. The van der Waals surface area contributed by atoms with Gasteiger partial charge in [0.1, 0.15) is 0 Å². The lowest BCUT2D eigenvalue weighted by Gasteiger charge is -2.46. The van der Waals surface area contributed by atoms with Crippen LogP contribution in [0.4, 0.5) is 0 Å². The fraction of sp³-hybridized carbons (Fsp3) is 1.00. The molecule has 2 aliphatic heterocycles. The Balaban J connectivity index is 1.55. The van der Waals surface area contributed by atoms with Crippen LogP contribution in [0.1, 0.15) is 64.7 Å². The number of hydrogen-bond donors (Lipinski definition) is 1. The van der Waals surface area contributed by atoms with Crippen molar-refractivity contribution in [2.75, 3.05) is 18.1 Å². The van der Waals surface area contributed by atoms with E-state index in [-0.39, 0.29) is 11.7 Å². The first-order valence-corrected chi connectivity index (χ1v) is 10.3. The first kappa shape index (κ1) is 16.1. The normalized spacial score (nSPS) is 38.3. The largest absolute Gasteiger partial charge is 0.393 e. The van der Waals surface area contributed by atoms with Crippen molar-refractivity contribution in [3.63, 3.8) is 0 Å². The molecule has 3 fully saturated rings. The predicted molar refractivity (Wildman–Crippen MR) is 89.7 cm³/mol. The Labute approximate surface area is 134 Å². The predicted octanol–water partition coefficient (Wildman–Crippen LogP) is 4.26. The zero-order valence-electron chi connectivity index (χ0n) is 13.6. The summed E-state index contributed by atoms with van der Waals surface area (Å²) in [5.74, 6) is 4.45.